The lowest BCUT2D eigenvalue weighted by Gasteiger charge is -2.33. The van der Waals surface area contributed by atoms with Gasteiger partial charge in [0.05, 0.1) is 12.5 Å². The molecule has 0 radical (unpaired) electrons. The molecule has 92 valence electrons. The third kappa shape index (κ3) is 2.95. The molecule has 0 aromatic rings. The molecule has 1 rings (SSSR count). The molecule has 1 fully saturated rings. The summed E-state index contributed by atoms with van der Waals surface area (Å²) in [5, 5.41) is 5.88. The summed E-state index contributed by atoms with van der Waals surface area (Å²) in [7, 11) is 1.31. The van der Waals surface area contributed by atoms with Gasteiger partial charge in [-0.25, -0.2) is 4.79 Å². The van der Waals surface area contributed by atoms with Gasteiger partial charge in [-0.2, -0.15) is 0 Å². The van der Waals surface area contributed by atoms with E-state index in [1.54, 1.807) is 6.92 Å². The molecule has 1 aliphatic heterocycles. The van der Waals surface area contributed by atoms with Crippen molar-refractivity contribution in [1.82, 2.24) is 10.6 Å². The number of carbonyl (C=O) groups excluding carboxylic acids is 2. The second-order valence-corrected chi connectivity index (χ2v) is 4.56. The Hall–Kier alpha value is -1.10. The van der Waals surface area contributed by atoms with Crippen molar-refractivity contribution in [3.8, 4) is 0 Å². The van der Waals surface area contributed by atoms with E-state index in [2.05, 4.69) is 15.4 Å². The summed E-state index contributed by atoms with van der Waals surface area (Å²) in [5.41, 5.74) is -0.416. The fraction of sp³-hybridized carbons (Fsp3) is 0.818. The van der Waals surface area contributed by atoms with Gasteiger partial charge in [-0.1, -0.05) is 0 Å². The van der Waals surface area contributed by atoms with E-state index < -0.39 is 17.4 Å². The zero-order valence-corrected chi connectivity index (χ0v) is 10.1. The predicted molar refractivity (Wildman–Crippen MR) is 59.8 cm³/mol. The minimum Gasteiger partial charge on any atom is -0.467 e. The van der Waals surface area contributed by atoms with Gasteiger partial charge < -0.3 is 15.4 Å². The van der Waals surface area contributed by atoms with E-state index in [0.29, 0.717) is 6.54 Å². The molecule has 0 saturated carbocycles. The second-order valence-electron chi connectivity index (χ2n) is 4.56. The molecule has 5 nitrogen and oxygen atoms in total. The summed E-state index contributed by atoms with van der Waals surface area (Å²) >= 11 is 0. The van der Waals surface area contributed by atoms with Gasteiger partial charge in [0.2, 0.25) is 5.91 Å². The van der Waals surface area contributed by atoms with E-state index in [9.17, 15) is 9.59 Å². The average Bonchev–Trinajstić information content (AvgIpc) is 2.28. The summed E-state index contributed by atoms with van der Waals surface area (Å²) in [5.74, 6) is -0.502. The molecular formula is C11H20N2O3. The maximum Gasteiger partial charge on any atom is 0.328 e. The Labute approximate surface area is 95.9 Å². The Balaban J connectivity index is 2.53. The van der Waals surface area contributed by atoms with Crippen LogP contribution in [0.2, 0.25) is 0 Å². The molecule has 1 amide bonds. The largest absolute Gasteiger partial charge is 0.467 e. The number of carbonyl (C=O) groups is 2. The van der Waals surface area contributed by atoms with E-state index in [1.165, 1.54) is 7.11 Å². The quantitative estimate of drug-likeness (QED) is 0.670. The second kappa shape index (κ2) is 5.30. The lowest BCUT2D eigenvalue weighted by Crippen LogP contribution is -2.52. The van der Waals surface area contributed by atoms with Crippen molar-refractivity contribution < 1.29 is 14.3 Å². The van der Waals surface area contributed by atoms with Gasteiger partial charge in [-0.3, -0.25) is 4.79 Å². The minimum atomic E-state index is -0.587. The van der Waals surface area contributed by atoms with Crippen LogP contribution in [0.15, 0.2) is 0 Å². The van der Waals surface area contributed by atoms with Crippen LogP contribution < -0.4 is 10.6 Å². The number of amides is 1. The maximum atomic E-state index is 12.0. The number of methoxy groups -OCH3 is 1. The van der Waals surface area contributed by atoms with Crippen LogP contribution in [0.25, 0.3) is 0 Å². The standard InChI is InChI=1S/C11H20N2O3/c1-8(9(14)16-3)13-10(15)11(2)5-4-6-12-7-11/h8,12H,4-7H2,1-3H3,(H,13,15)/t8-,11?/m0/s1. The monoisotopic (exact) mass is 228 g/mol. The molecule has 1 unspecified atom stereocenters. The number of ether oxygens (including phenoxy) is 1. The van der Waals surface area contributed by atoms with Gasteiger partial charge in [0.1, 0.15) is 6.04 Å². The van der Waals surface area contributed by atoms with Crippen LogP contribution in [-0.2, 0) is 14.3 Å². The van der Waals surface area contributed by atoms with Gasteiger partial charge in [-0.15, -0.1) is 0 Å². The van der Waals surface area contributed by atoms with Gasteiger partial charge >= 0.3 is 5.97 Å². The van der Waals surface area contributed by atoms with Gasteiger partial charge in [0.25, 0.3) is 0 Å². The third-order valence-corrected chi connectivity index (χ3v) is 3.05. The topological polar surface area (TPSA) is 67.4 Å². The Bertz CT molecular complexity index is 272. The first-order chi connectivity index (χ1) is 7.49. The van der Waals surface area contributed by atoms with Crippen molar-refractivity contribution in [3.63, 3.8) is 0 Å². The first-order valence-electron chi connectivity index (χ1n) is 5.59. The molecule has 0 spiro atoms. The number of esters is 1. The number of hydrogen-bond acceptors (Lipinski definition) is 4. The van der Waals surface area contributed by atoms with Crippen molar-refractivity contribution in [1.29, 1.82) is 0 Å². The number of nitrogens with one attached hydrogen (secondary N) is 2. The molecule has 16 heavy (non-hydrogen) atoms. The van der Waals surface area contributed by atoms with Crippen molar-refractivity contribution in [2.75, 3.05) is 20.2 Å². The maximum absolute atomic E-state index is 12.0. The lowest BCUT2D eigenvalue weighted by atomic mass is 9.82. The Morgan fingerprint density at radius 3 is 2.69 bits per heavy atom. The van der Waals surface area contributed by atoms with E-state index in [-0.39, 0.29) is 5.91 Å². The summed E-state index contributed by atoms with van der Waals surface area (Å²) in [4.78, 5) is 23.2. The fourth-order valence-electron chi connectivity index (χ4n) is 1.86. The zero-order chi connectivity index (χ0) is 12.2. The lowest BCUT2D eigenvalue weighted by molar-refractivity contribution is -0.146. The van der Waals surface area contributed by atoms with E-state index >= 15 is 0 Å². The van der Waals surface area contributed by atoms with E-state index in [4.69, 9.17) is 0 Å². The molecule has 5 heteroatoms. The Kier molecular flexibility index (Phi) is 4.29. The fourth-order valence-corrected chi connectivity index (χ4v) is 1.86. The molecule has 2 N–H and O–H groups in total. The van der Waals surface area contributed by atoms with Crippen LogP contribution in [0.3, 0.4) is 0 Å². The highest BCUT2D eigenvalue weighted by atomic mass is 16.5. The van der Waals surface area contributed by atoms with Crippen molar-refractivity contribution in [2.24, 2.45) is 5.41 Å². The van der Waals surface area contributed by atoms with Crippen molar-refractivity contribution in [2.45, 2.75) is 32.7 Å². The molecular weight excluding hydrogens is 208 g/mol. The normalized spacial score (nSPS) is 26.9. The highest BCUT2D eigenvalue weighted by molar-refractivity contribution is 5.87. The Morgan fingerprint density at radius 1 is 1.50 bits per heavy atom. The first kappa shape index (κ1) is 13.0. The third-order valence-electron chi connectivity index (χ3n) is 3.05. The summed E-state index contributed by atoms with van der Waals surface area (Å²) in [6.45, 7) is 5.16. The molecule has 2 atom stereocenters. The molecule has 0 aromatic carbocycles. The van der Waals surface area contributed by atoms with E-state index in [1.807, 2.05) is 6.92 Å². The number of hydrogen-bond donors (Lipinski definition) is 2. The van der Waals surface area contributed by atoms with Gasteiger partial charge in [-0.05, 0) is 33.2 Å². The van der Waals surface area contributed by atoms with Crippen LogP contribution in [0, 0.1) is 5.41 Å². The summed E-state index contributed by atoms with van der Waals surface area (Å²) < 4.78 is 4.56. The van der Waals surface area contributed by atoms with Gasteiger partial charge in [0.15, 0.2) is 0 Å². The van der Waals surface area contributed by atoms with E-state index in [0.717, 1.165) is 19.4 Å². The highest BCUT2D eigenvalue weighted by Crippen LogP contribution is 2.25. The SMILES string of the molecule is COC(=O)[C@H](C)NC(=O)C1(C)CCCNC1. The van der Waals surface area contributed by atoms with Gasteiger partial charge in [0, 0.05) is 6.54 Å². The predicted octanol–water partition coefficient (Wildman–Crippen LogP) is 0.0538. The van der Waals surface area contributed by atoms with Crippen LogP contribution in [0.1, 0.15) is 26.7 Å². The number of piperidine rings is 1. The average molecular weight is 228 g/mol. The molecule has 1 saturated heterocycles. The van der Waals surface area contributed by atoms with Crippen LogP contribution in [0.4, 0.5) is 0 Å². The summed E-state index contributed by atoms with van der Waals surface area (Å²) in [6.07, 6.45) is 1.83. The Morgan fingerprint density at radius 2 is 2.19 bits per heavy atom. The van der Waals surface area contributed by atoms with Crippen LogP contribution in [0.5, 0.6) is 0 Å². The molecule has 1 aliphatic rings. The zero-order valence-electron chi connectivity index (χ0n) is 10.1. The van der Waals surface area contributed by atoms with Crippen molar-refractivity contribution >= 4 is 11.9 Å². The molecule has 1 heterocycles. The summed E-state index contributed by atoms with van der Waals surface area (Å²) in [6, 6.07) is -0.587. The molecule has 0 aromatic heterocycles. The van der Waals surface area contributed by atoms with Crippen molar-refractivity contribution in [3.05, 3.63) is 0 Å². The minimum absolute atomic E-state index is 0.0856. The highest BCUT2D eigenvalue weighted by Gasteiger charge is 2.35. The number of rotatable bonds is 3. The van der Waals surface area contributed by atoms with Crippen LogP contribution in [-0.4, -0.2) is 38.1 Å². The smallest absolute Gasteiger partial charge is 0.328 e. The molecule has 0 aliphatic carbocycles. The van der Waals surface area contributed by atoms with Crippen LogP contribution >= 0.6 is 0 Å². The first-order valence-corrected chi connectivity index (χ1v) is 5.59. The molecule has 0 bridgehead atoms.